The first kappa shape index (κ1) is 58.0. The van der Waals surface area contributed by atoms with Gasteiger partial charge in [-0.05, 0) is 49.9 Å². The zero-order chi connectivity index (χ0) is 42.6. The van der Waals surface area contributed by atoms with Crippen LogP contribution in [0.5, 0.6) is 0 Å². The van der Waals surface area contributed by atoms with Gasteiger partial charge in [-0.2, -0.15) is 0 Å². The summed E-state index contributed by atoms with van der Waals surface area (Å²) in [6.45, 7) is 16.3. The Morgan fingerprint density at radius 1 is 0.241 bits per heavy atom. The van der Waals surface area contributed by atoms with Gasteiger partial charge in [0.1, 0.15) is 0 Å². The van der Waals surface area contributed by atoms with Crippen LogP contribution in [0, 0.1) is 23.7 Å². The van der Waals surface area contributed by atoms with Crippen molar-refractivity contribution in [3.05, 3.63) is 0 Å². The maximum atomic E-state index is 11.8. The highest BCUT2D eigenvalue weighted by molar-refractivity contribution is 4.82. The smallest absolute Gasteiger partial charge is 0.0647 e. The summed E-state index contributed by atoms with van der Waals surface area (Å²) in [5, 5.41) is 11.8. The van der Waals surface area contributed by atoms with Gasteiger partial charge in [0, 0.05) is 0 Å². The van der Waals surface area contributed by atoms with Gasteiger partial charge in [-0.25, -0.2) is 0 Å². The Bertz CT molecular complexity index is 712. The van der Waals surface area contributed by atoms with E-state index in [-0.39, 0.29) is 0 Å². The van der Waals surface area contributed by atoms with Crippen LogP contribution in [0.1, 0.15) is 337 Å². The molecule has 0 aliphatic rings. The van der Waals surface area contributed by atoms with E-state index < -0.39 is 5.60 Å². The fraction of sp³-hybridized carbons (Fsp3) is 1.00. The highest BCUT2D eigenvalue weighted by Gasteiger charge is 2.30. The second-order valence-electron chi connectivity index (χ2n) is 21.7. The van der Waals surface area contributed by atoms with Crippen molar-refractivity contribution in [3.63, 3.8) is 0 Å². The minimum absolute atomic E-state index is 0.475. The molecular formula is C57H116O. The molecule has 0 saturated heterocycles. The van der Waals surface area contributed by atoms with Crippen molar-refractivity contribution in [2.24, 2.45) is 23.7 Å². The second kappa shape index (κ2) is 45.0. The molecule has 0 aliphatic carbocycles. The van der Waals surface area contributed by atoms with Crippen LogP contribution in [0.25, 0.3) is 0 Å². The third-order valence-corrected chi connectivity index (χ3v) is 14.0. The van der Waals surface area contributed by atoms with Gasteiger partial charge < -0.3 is 5.11 Å². The SMILES string of the molecule is CC(C)CCCCCCCCCCCCCCCC(CCCCCCCCCCCCCCCC(C)C)C(C)(O)CCCCCCCCCCCCCCCC(C)C. The maximum Gasteiger partial charge on any atom is 0.0647 e. The quantitative estimate of drug-likeness (QED) is 0.0607. The highest BCUT2D eigenvalue weighted by Crippen LogP contribution is 2.33. The molecule has 350 valence electrons. The van der Waals surface area contributed by atoms with E-state index in [1.807, 2.05) is 0 Å². The van der Waals surface area contributed by atoms with Crippen molar-refractivity contribution < 1.29 is 5.11 Å². The summed E-state index contributed by atoms with van der Waals surface area (Å²) in [5.74, 6) is 3.13. The van der Waals surface area contributed by atoms with E-state index in [0.717, 1.165) is 24.2 Å². The van der Waals surface area contributed by atoms with E-state index >= 15 is 0 Å². The second-order valence-corrected chi connectivity index (χ2v) is 21.7. The molecule has 0 aromatic heterocycles. The van der Waals surface area contributed by atoms with Crippen LogP contribution in [0.3, 0.4) is 0 Å². The molecular weight excluding hydrogens is 701 g/mol. The predicted octanol–water partition coefficient (Wildman–Crippen LogP) is 20.9. The van der Waals surface area contributed by atoms with Crippen LogP contribution >= 0.6 is 0 Å². The van der Waals surface area contributed by atoms with E-state index in [0.29, 0.717) is 5.92 Å². The standard InChI is InChI=1S/C57H116O/c1-53(2)47-41-35-29-23-17-11-8-14-20-26-32-38-44-50-56(51-45-39-33-27-21-15-9-12-18-24-30-36-42-48-54(3)4)57(7,58)52-46-40-34-28-22-16-10-13-19-25-31-37-43-49-55(5)6/h53-56,58H,8-52H2,1-7H3. The summed E-state index contributed by atoms with van der Waals surface area (Å²) in [4.78, 5) is 0. The zero-order valence-corrected chi connectivity index (χ0v) is 42.1. The minimum Gasteiger partial charge on any atom is -0.390 e. The average Bonchev–Trinajstić information content (AvgIpc) is 3.17. The van der Waals surface area contributed by atoms with Gasteiger partial charge in [0.15, 0.2) is 0 Å². The van der Waals surface area contributed by atoms with E-state index in [9.17, 15) is 5.11 Å². The molecule has 0 aromatic rings. The van der Waals surface area contributed by atoms with Crippen LogP contribution in [0.2, 0.25) is 0 Å². The molecule has 0 aliphatic heterocycles. The van der Waals surface area contributed by atoms with Crippen LogP contribution in [0.15, 0.2) is 0 Å². The fourth-order valence-electron chi connectivity index (χ4n) is 9.73. The van der Waals surface area contributed by atoms with Crippen molar-refractivity contribution in [2.45, 2.75) is 343 Å². The van der Waals surface area contributed by atoms with Crippen LogP contribution in [0.4, 0.5) is 0 Å². The summed E-state index contributed by atoms with van der Waals surface area (Å²) in [5.41, 5.74) is -0.475. The third kappa shape index (κ3) is 45.5. The predicted molar refractivity (Wildman–Crippen MR) is 266 cm³/mol. The van der Waals surface area contributed by atoms with Gasteiger partial charge in [0.2, 0.25) is 0 Å². The van der Waals surface area contributed by atoms with Crippen molar-refractivity contribution in [3.8, 4) is 0 Å². The van der Waals surface area contributed by atoms with Crippen LogP contribution in [-0.2, 0) is 0 Å². The fourth-order valence-corrected chi connectivity index (χ4v) is 9.73. The van der Waals surface area contributed by atoms with Gasteiger partial charge in [0.25, 0.3) is 0 Å². The summed E-state index contributed by atoms with van der Waals surface area (Å²) >= 11 is 0. The Morgan fingerprint density at radius 3 is 0.586 bits per heavy atom. The summed E-state index contributed by atoms with van der Waals surface area (Å²) in [6, 6.07) is 0. The molecule has 0 saturated carbocycles. The van der Waals surface area contributed by atoms with Crippen LogP contribution < -0.4 is 0 Å². The van der Waals surface area contributed by atoms with Gasteiger partial charge in [0.05, 0.1) is 5.60 Å². The molecule has 0 aromatic carbocycles. The van der Waals surface area contributed by atoms with E-state index in [2.05, 4.69) is 48.5 Å². The zero-order valence-electron chi connectivity index (χ0n) is 42.1. The van der Waals surface area contributed by atoms with Gasteiger partial charge >= 0.3 is 0 Å². The third-order valence-electron chi connectivity index (χ3n) is 14.0. The first-order valence-corrected chi connectivity index (χ1v) is 27.9. The highest BCUT2D eigenvalue weighted by atomic mass is 16.3. The number of hydrogen-bond donors (Lipinski definition) is 1. The molecule has 0 rings (SSSR count). The molecule has 0 spiro atoms. The van der Waals surface area contributed by atoms with E-state index in [4.69, 9.17) is 0 Å². The summed E-state index contributed by atoms with van der Waals surface area (Å²) in [6.07, 6.45) is 63.2. The molecule has 1 nitrogen and oxygen atoms in total. The van der Waals surface area contributed by atoms with Gasteiger partial charge in [-0.3, -0.25) is 0 Å². The maximum absolute atomic E-state index is 11.8. The molecule has 0 amide bonds. The largest absolute Gasteiger partial charge is 0.390 e. The Balaban J connectivity index is 4.22. The van der Waals surface area contributed by atoms with Crippen molar-refractivity contribution in [2.75, 3.05) is 0 Å². The molecule has 0 bridgehead atoms. The number of rotatable bonds is 49. The van der Waals surface area contributed by atoms with Crippen molar-refractivity contribution in [1.82, 2.24) is 0 Å². The summed E-state index contributed by atoms with van der Waals surface area (Å²) in [7, 11) is 0. The van der Waals surface area contributed by atoms with Crippen molar-refractivity contribution in [1.29, 1.82) is 0 Å². The number of hydrogen-bond acceptors (Lipinski definition) is 1. The molecule has 1 atom stereocenters. The molecule has 1 unspecified atom stereocenters. The topological polar surface area (TPSA) is 20.2 Å². The lowest BCUT2D eigenvalue weighted by atomic mass is 9.78. The Labute approximate surface area is 370 Å². The lowest BCUT2D eigenvalue weighted by Crippen LogP contribution is -2.34. The van der Waals surface area contributed by atoms with Crippen LogP contribution in [-0.4, -0.2) is 10.7 Å². The molecule has 1 N–H and O–H groups in total. The Hall–Kier alpha value is -0.0400. The first-order valence-electron chi connectivity index (χ1n) is 27.9. The molecule has 0 heterocycles. The summed E-state index contributed by atoms with van der Waals surface area (Å²) < 4.78 is 0. The first-order chi connectivity index (χ1) is 28.1. The normalized spacial score (nSPS) is 13.2. The van der Waals surface area contributed by atoms with E-state index in [1.54, 1.807) is 0 Å². The molecule has 0 radical (unpaired) electrons. The lowest BCUT2D eigenvalue weighted by Gasteiger charge is -2.34. The van der Waals surface area contributed by atoms with Crippen molar-refractivity contribution >= 4 is 0 Å². The monoisotopic (exact) mass is 817 g/mol. The Morgan fingerprint density at radius 2 is 0.397 bits per heavy atom. The van der Waals surface area contributed by atoms with E-state index in [1.165, 1.54) is 283 Å². The number of unbranched alkanes of at least 4 members (excludes halogenated alkanes) is 36. The van der Waals surface area contributed by atoms with Gasteiger partial charge in [-0.15, -0.1) is 0 Å². The minimum atomic E-state index is -0.475. The average molecular weight is 818 g/mol. The molecule has 1 heteroatoms. The van der Waals surface area contributed by atoms with Gasteiger partial charge in [-0.1, -0.05) is 311 Å². The lowest BCUT2D eigenvalue weighted by molar-refractivity contribution is -0.0199. The molecule has 0 fully saturated rings. The Kier molecular flexibility index (Phi) is 45.0. The molecule has 58 heavy (non-hydrogen) atoms. The number of aliphatic hydroxyl groups is 1.